The largest absolute Gasteiger partial charge is 0.497 e. The van der Waals surface area contributed by atoms with Crippen molar-refractivity contribution in [3.8, 4) is 5.75 Å². The van der Waals surface area contributed by atoms with E-state index in [4.69, 9.17) is 4.74 Å². The average molecular weight is 516 g/mol. The highest BCUT2D eigenvalue weighted by Crippen LogP contribution is 2.30. The fourth-order valence-electron chi connectivity index (χ4n) is 4.02. The zero-order valence-corrected chi connectivity index (χ0v) is 21.8. The van der Waals surface area contributed by atoms with Crippen molar-refractivity contribution in [1.29, 1.82) is 0 Å². The molecule has 4 aromatic rings. The van der Waals surface area contributed by atoms with Crippen LogP contribution in [0.2, 0.25) is 0 Å². The van der Waals surface area contributed by atoms with Gasteiger partial charge in [-0.1, -0.05) is 26.0 Å². The lowest BCUT2D eigenvalue weighted by Crippen LogP contribution is -2.51. The fraction of sp³-hybridized carbons (Fsp3) is 0.357. The molecule has 3 heterocycles. The molecule has 0 unspecified atom stereocenters. The van der Waals surface area contributed by atoms with E-state index in [9.17, 15) is 9.90 Å². The number of para-hydroxylation sites is 1. The van der Waals surface area contributed by atoms with Gasteiger partial charge in [-0.15, -0.1) is 0 Å². The molecule has 6 rings (SSSR count). The molecule has 1 saturated heterocycles. The van der Waals surface area contributed by atoms with Crippen molar-refractivity contribution in [2.45, 2.75) is 38.7 Å². The third-order valence-electron chi connectivity index (χ3n) is 6.46. The number of aromatic amines is 1. The molecule has 38 heavy (non-hydrogen) atoms. The number of amides is 1. The van der Waals surface area contributed by atoms with Gasteiger partial charge in [0.15, 0.2) is 5.82 Å². The normalized spacial score (nSPS) is 15.0. The number of aliphatic hydroxyl groups is 1. The maximum Gasteiger partial charge on any atom is 0.227 e. The van der Waals surface area contributed by atoms with E-state index in [1.165, 1.54) is 0 Å². The van der Waals surface area contributed by atoms with Gasteiger partial charge in [-0.05, 0) is 49.2 Å². The van der Waals surface area contributed by atoms with Crippen LogP contribution < -0.4 is 20.3 Å². The van der Waals surface area contributed by atoms with Crippen LogP contribution in [0.1, 0.15) is 38.4 Å². The van der Waals surface area contributed by atoms with Crippen molar-refractivity contribution >= 4 is 40.0 Å². The second kappa shape index (κ2) is 11.1. The van der Waals surface area contributed by atoms with Crippen LogP contribution in [0.25, 0.3) is 10.9 Å². The molecule has 10 nitrogen and oxygen atoms in total. The van der Waals surface area contributed by atoms with Gasteiger partial charge in [0, 0.05) is 42.1 Å². The molecule has 0 spiro atoms. The third kappa shape index (κ3) is 6.03. The first-order chi connectivity index (χ1) is 18.4. The molecule has 198 valence electrons. The summed E-state index contributed by atoms with van der Waals surface area (Å²) in [4.78, 5) is 22.7. The summed E-state index contributed by atoms with van der Waals surface area (Å²) in [5, 5.41) is 24.1. The second-order valence-corrected chi connectivity index (χ2v) is 9.92. The van der Waals surface area contributed by atoms with Gasteiger partial charge < -0.3 is 25.4 Å². The van der Waals surface area contributed by atoms with Gasteiger partial charge in [0.2, 0.25) is 5.91 Å². The van der Waals surface area contributed by atoms with E-state index in [0.29, 0.717) is 18.9 Å². The van der Waals surface area contributed by atoms with Gasteiger partial charge in [0.05, 0.1) is 18.7 Å². The number of hydrogen-bond donors (Lipinski definition) is 4. The molecular weight excluding hydrogens is 482 g/mol. The molecule has 2 aromatic heterocycles. The Bertz CT molecular complexity index is 1390. The number of β-amino-alcohol motifs (C(OH)–C–C–N with tert-alkyl or cyclic N) is 1. The lowest BCUT2D eigenvalue weighted by molar-refractivity contribution is -0.117. The first-order valence-electron chi connectivity index (χ1n) is 12.9. The molecule has 0 bridgehead atoms. The predicted molar refractivity (Wildman–Crippen MR) is 148 cm³/mol. The Hall–Kier alpha value is -4.18. The van der Waals surface area contributed by atoms with E-state index in [2.05, 4.69) is 44.6 Å². The van der Waals surface area contributed by atoms with Gasteiger partial charge in [0.1, 0.15) is 23.2 Å². The number of carbonyl (C=O) groups excluding carboxylic acids is 1. The maximum absolute atomic E-state index is 11.4. The molecule has 2 fully saturated rings. The van der Waals surface area contributed by atoms with Crippen LogP contribution in [0, 0.1) is 5.92 Å². The number of benzene rings is 2. The van der Waals surface area contributed by atoms with Gasteiger partial charge in [-0.25, -0.2) is 9.97 Å². The van der Waals surface area contributed by atoms with Crippen LogP contribution in [0.5, 0.6) is 5.75 Å². The number of methoxy groups -OCH3 is 1. The Labute approximate surface area is 221 Å². The minimum atomic E-state index is -0.269. The van der Waals surface area contributed by atoms with E-state index in [-0.39, 0.29) is 23.8 Å². The van der Waals surface area contributed by atoms with Gasteiger partial charge in [0.25, 0.3) is 0 Å². The maximum atomic E-state index is 11.4. The molecule has 2 aliphatic rings. The van der Waals surface area contributed by atoms with Crippen LogP contribution in [0.15, 0.2) is 54.6 Å². The highest BCUT2D eigenvalue weighted by Gasteiger charge is 2.29. The number of ether oxygens (including phenoxy) is 1. The van der Waals surface area contributed by atoms with Crippen LogP contribution in [-0.4, -0.2) is 57.5 Å². The Balaban J connectivity index is 0.000000179. The van der Waals surface area contributed by atoms with Crippen LogP contribution in [0.3, 0.4) is 0 Å². The number of nitrogens with one attached hydrogen (secondary N) is 3. The number of carbonyl (C=O) groups is 1. The van der Waals surface area contributed by atoms with Crippen LogP contribution in [-0.2, 0) is 4.79 Å². The Morgan fingerprint density at radius 3 is 2.50 bits per heavy atom. The highest BCUT2D eigenvalue weighted by atomic mass is 16.5. The lowest BCUT2D eigenvalue weighted by Gasteiger charge is -2.37. The number of hydrogen-bond acceptors (Lipinski definition) is 8. The summed E-state index contributed by atoms with van der Waals surface area (Å²) in [5.41, 5.74) is 1.81. The summed E-state index contributed by atoms with van der Waals surface area (Å²) in [7, 11) is 1.62. The smallest absolute Gasteiger partial charge is 0.227 e. The minimum absolute atomic E-state index is 0.134. The zero-order chi connectivity index (χ0) is 26.6. The monoisotopic (exact) mass is 515 g/mol. The number of aromatic nitrogens is 4. The molecular formula is C28H33N7O3. The van der Waals surface area contributed by atoms with Gasteiger partial charge in [-0.3, -0.25) is 9.89 Å². The SMILES string of the molecule is CC(C)c1nc(Nc2n[nH]c3ccccc23)cc(N2CC(O)C2)n1.COc1ccc(NC(=O)C2CC2)cc1. The number of H-pyrrole nitrogens is 1. The first-order valence-corrected chi connectivity index (χ1v) is 12.9. The van der Waals surface area contributed by atoms with Gasteiger partial charge >= 0.3 is 0 Å². The van der Waals surface area contributed by atoms with E-state index < -0.39 is 0 Å². The summed E-state index contributed by atoms with van der Waals surface area (Å²) in [6, 6.07) is 17.2. The van der Waals surface area contributed by atoms with Crippen molar-refractivity contribution in [3.63, 3.8) is 0 Å². The standard InChI is InChI=1S/C17H20N6O.C11H13NO2/c1-10(2)16-18-14(7-15(20-16)23-8-11(24)9-23)19-17-12-5-3-4-6-13(12)21-22-17;1-14-10-6-4-9(5-7-10)12-11(13)8-2-3-8/h3-7,10-11,24H,8-9H2,1-2H3,(H2,18,19,20,21,22);4-8H,2-3H2,1H3,(H,12,13). The number of aliphatic hydroxyl groups excluding tert-OH is 1. The number of rotatable bonds is 7. The van der Waals surface area contributed by atoms with Gasteiger partial charge in [-0.2, -0.15) is 5.10 Å². The van der Waals surface area contributed by atoms with Crippen molar-refractivity contribution in [3.05, 3.63) is 60.4 Å². The molecule has 1 amide bonds. The zero-order valence-electron chi connectivity index (χ0n) is 21.8. The second-order valence-electron chi connectivity index (χ2n) is 9.92. The molecule has 1 aliphatic carbocycles. The molecule has 1 saturated carbocycles. The third-order valence-corrected chi connectivity index (χ3v) is 6.46. The quantitative estimate of drug-likeness (QED) is 0.284. The molecule has 2 aromatic carbocycles. The van der Waals surface area contributed by atoms with Crippen molar-refractivity contribution in [2.75, 3.05) is 35.7 Å². The molecule has 0 radical (unpaired) electrons. The van der Waals surface area contributed by atoms with E-state index in [1.54, 1.807) is 7.11 Å². The number of anilines is 4. The molecule has 0 atom stereocenters. The highest BCUT2D eigenvalue weighted by molar-refractivity contribution is 5.94. The predicted octanol–water partition coefficient (Wildman–Crippen LogP) is 4.44. The van der Waals surface area contributed by atoms with E-state index in [1.807, 2.05) is 59.5 Å². The topological polar surface area (TPSA) is 128 Å². The fourth-order valence-corrected chi connectivity index (χ4v) is 4.02. The van der Waals surface area contributed by atoms with Crippen molar-refractivity contribution in [2.24, 2.45) is 5.92 Å². The Morgan fingerprint density at radius 1 is 1.11 bits per heavy atom. The minimum Gasteiger partial charge on any atom is -0.497 e. The summed E-state index contributed by atoms with van der Waals surface area (Å²) in [6.45, 7) is 5.36. The molecule has 1 aliphatic heterocycles. The first kappa shape index (κ1) is 25.5. The number of nitrogens with zero attached hydrogens (tertiary/aromatic N) is 4. The van der Waals surface area contributed by atoms with E-state index in [0.717, 1.165) is 52.6 Å². The number of fused-ring (bicyclic) bond motifs is 1. The Morgan fingerprint density at radius 2 is 1.84 bits per heavy atom. The van der Waals surface area contributed by atoms with E-state index >= 15 is 0 Å². The van der Waals surface area contributed by atoms with Crippen molar-refractivity contribution in [1.82, 2.24) is 20.2 Å². The van der Waals surface area contributed by atoms with Crippen LogP contribution >= 0.6 is 0 Å². The molecule has 4 N–H and O–H groups in total. The summed E-state index contributed by atoms with van der Waals surface area (Å²) in [6.07, 6.45) is 1.79. The summed E-state index contributed by atoms with van der Waals surface area (Å²) < 4.78 is 5.02. The Kier molecular flexibility index (Phi) is 7.41. The summed E-state index contributed by atoms with van der Waals surface area (Å²) >= 11 is 0. The van der Waals surface area contributed by atoms with Crippen molar-refractivity contribution < 1.29 is 14.6 Å². The summed E-state index contributed by atoms with van der Waals surface area (Å²) in [5.74, 6) is 4.46. The lowest BCUT2D eigenvalue weighted by atomic mass is 10.1. The van der Waals surface area contributed by atoms with Crippen LogP contribution in [0.4, 0.5) is 23.1 Å². The average Bonchev–Trinajstić information content (AvgIpc) is 3.69. The molecule has 10 heteroatoms.